The summed E-state index contributed by atoms with van der Waals surface area (Å²) in [7, 11) is 0. The predicted octanol–water partition coefficient (Wildman–Crippen LogP) is 9.75. The molecule has 0 heterocycles. The van der Waals surface area contributed by atoms with Crippen molar-refractivity contribution in [2.24, 2.45) is 68.5 Å². The van der Waals surface area contributed by atoms with E-state index in [1.807, 2.05) is 0 Å². The van der Waals surface area contributed by atoms with E-state index in [9.17, 15) is 4.79 Å². The minimum absolute atomic E-state index is 0.130. The first-order valence-corrected chi connectivity index (χ1v) is 15.2. The van der Waals surface area contributed by atoms with Crippen LogP contribution in [0.1, 0.15) is 128 Å². The Kier molecular flexibility index (Phi) is 6.63. The van der Waals surface area contributed by atoms with Gasteiger partial charge in [-0.15, -0.1) is 0 Å². The largest absolute Gasteiger partial charge is 0.295 e. The Balaban J connectivity index is 1.69. The molecule has 1 heteroatoms. The topological polar surface area (TPSA) is 17.1 Å². The van der Waals surface area contributed by atoms with Crippen molar-refractivity contribution in [3.63, 3.8) is 0 Å². The first-order chi connectivity index (χ1) is 15.9. The van der Waals surface area contributed by atoms with Gasteiger partial charge in [-0.2, -0.15) is 0 Å². The number of hydrogen-bond acceptors (Lipinski definition) is 1. The first-order valence-electron chi connectivity index (χ1n) is 15.2. The zero-order chi connectivity index (χ0) is 26.4. The van der Waals surface area contributed by atoms with Gasteiger partial charge in [0.05, 0.1) is 0 Å². The van der Waals surface area contributed by atoms with Gasteiger partial charge in [0.25, 0.3) is 0 Å². The van der Waals surface area contributed by atoms with Gasteiger partial charge in [-0.05, 0) is 114 Å². The van der Waals surface area contributed by atoms with E-state index in [0.29, 0.717) is 46.2 Å². The number of carbonyl (C=O) groups is 1. The molecule has 4 aliphatic rings. The van der Waals surface area contributed by atoms with Crippen LogP contribution in [0.25, 0.3) is 0 Å². The summed E-state index contributed by atoms with van der Waals surface area (Å²) < 4.78 is 0. The van der Waals surface area contributed by atoms with Crippen molar-refractivity contribution in [2.45, 2.75) is 128 Å². The van der Waals surface area contributed by atoms with Crippen molar-refractivity contribution < 1.29 is 4.79 Å². The number of allylic oxidation sites excluding steroid dienone is 2. The van der Waals surface area contributed by atoms with Crippen LogP contribution in [0.2, 0.25) is 0 Å². The Bertz CT molecular complexity index is 872. The smallest absolute Gasteiger partial charge is 0.159 e. The van der Waals surface area contributed by atoms with E-state index in [4.69, 9.17) is 0 Å². The second kappa shape index (κ2) is 8.46. The zero-order valence-corrected chi connectivity index (χ0v) is 25.5. The van der Waals surface area contributed by atoms with Gasteiger partial charge in [-0.3, -0.25) is 4.79 Å². The van der Waals surface area contributed by atoms with Crippen molar-refractivity contribution in [3.05, 3.63) is 11.6 Å². The summed E-state index contributed by atoms with van der Waals surface area (Å²) >= 11 is 0. The summed E-state index contributed by atoms with van der Waals surface area (Å²) in [6, 6.07) is 0. The molecule has 10 atom stereocenters. The third kappa shape index (κ3) is 3.86. The van der Waals surface area contributed by atoms with Crippen LogP contribution in [-0.2, 0) is 4.79 Å². The third-order valence-electron chi connectivity index (χ3n) is 13.8. The van der Waals surface area contributed by atoms with E-state index in [2.05, 4.69) is 89.2 Å². The lowest BCUT2D eigenvalue weighted by atomic mass is 9.40. The zero-order valence-electron chi connectivity index (χ0n) is 25.5. The molecule has 3 saturated carbocycles. The maximum absolute atomic E-state index is 13.8. The second-order valence-electron chi connectivity index (χ2n) is 16.5. The summed E-state index contributed by atoms with van der Waals surface area (Å²) in [5, 5.41) is 0. The maximum atomic E-state index is 13.8. The fourth-order valence-electron chi connectivity index (χ4n) is 10.2. The van der Waals surface area contributed by atoms with Crippen LogP contribution in [0.3, 0.4) is 0 Å². The molecule has 35 heavy (non-hydrogen) atoms. The van der Waals surface area contributed by atoms with E-state index in [1.54, 1.807) is 5.57 Å². The molecule has 4 aliphatic carbocycles. The molecule has 0 aromatic heterocycles. The van der Waals surface area contributed by atoms with Gasteiger partial charge in [-0.1, -0.05) is 88.7 Å². The van der Waals surface area contributed by atoms with Crippen LogP contribution in [0.4, 0.5) is 0 Å². The molecule has 0 spiro atoms. The molecule has 4 rings (SSSR count). The Morgan fingerprint density at radius 3 is 2.20 bits per heavy atom. The van der Waals surface area contributed by atoms with Crippen molar-refractivity contribution in [2.75, 3.05) is 0 Å². The highest BCUT2D eigenvalue weighted by Crippen LogP contribution is 2.74. The molecule has 3 fully saturated rings. The first kappa shape index (κ1) is 27.4. The highest BCUT2D eigenvalue weighted by molar-refractivity contribution is 5.94. The van der Waals surface area contributed by atoms with E-state index in [-0.39, 0.29) is 22.2 Å². The molecule has 1 unspecified atom stereocenters. The molecule has 0 aromatic carbocycles. The number of ketones is 1. The summed E-state index contributed by atoms with van der Waals surface area (Å²) in [6.07, 6.45) is 11.1. The van der Waals surface area contributed by atoms with Gasteiger partial charge in [0.15, 0.2) is 5.78 Å². The molecule has 200 valence electrons. The normalized spacial score (nSPS) is 47.0. The van der Waals surface area contributed by atoms with Crippen LogP contribution >= 0.6 is 0 Å². The Morgan fingerprint density at radius 1 is 0.971 bits per heavy atom. The lowest BCUT2D eigenvalue weighted by molar-refractivity contribution is -0.143. The fraction of sp³-hybridized carbons (Fsp3) is 0.912. The van der Waals surface area contributed by atoms with Gasteiger partial charge in [0.2, 0.25) is 0 Å². The number of rotatable bonds is 4. The van der Waals surface area contributed by atoms with Gasteiger partial charge in [0.1, 0.15) is 0 Å². The number of hydrogen-bond donors (Lipinski definition) is 0. The fourth-order valence-corrected chi connectivity index (χ4v) is 10.2. The summed E-state index contributed by atoms with van der Waals surface area (Å²) in [6.45, 7) is 29.9. The molecule has 0 saturated heterocycles. The minimum atomic E-state index is 0.130. The standard InChI is InChI=1S/C34H58O/c1-21-19-27-28(35)20-26-25(34(27,12)24(4)23(21)3)14-17-33(11)29(15-18-32(26,33)10)31(8,9)22(2)13-16-30(5,6)7/h20-25,27,29H,13-19H2,1-12H3/t21-,22-,23-,24+,25?,27+,29-,32+,33-,34-/m1/s1. The van der Waals surface area contributed by atoms with E-state index >= 15 is 0 Å². The van der Waals surface area contributed by atoms with Crippen LogP contribution in [-0.4, -0.2) is 5.78 Å². The lowest BCUT2D eigenvalue weighted by Gasteiger charge is -2.64. The Labute approximate surface area is 218 Å². The lowest BCUT2D eigenvalue weighted by Crippen LogP contribution is -2.59. The van der Waals surface area contributed by atoms with Crippen molar-refractivity contribution in [1.29, 1.82) is 0 Å². The number of carbonyl (C=O) groups excluding carboxylic acids is 1. The van der Waals surface area contributed by atoms with E-state index in [1.165, 1.54) is 38.5 Å². The van der Waals surface area contributed by atoms with Crippen molar-refractivity contribution in [3.8, 4) is 0 Å². The summed E-state index contributed by atoms with van der Waals surface area (Å²) in [5.74, 6) is 4.68. The average molecular weight is 483 g/mol. The molecule has 0 amide bonds. The molecule has 0 radical (unpaired) electrons. The summed E-state index contributed by atoms with van der Waals surface area (Å²) in [5.41, 5.74) is 2.88. The molecular formula is C34H58O. The quantitative estimate of drug-likeness (QED) is 0.389. The van der Waals surface area contributed by atoms with Crippen molar-refractivity contribution >= 4 is 5.78 Å². The van der Waals surface area contributed by atoms with Crippen molar-refractivity contribution in [1.82, 2.24) is 0 Å². The summed E-state index contributed by atoms with van der Waals surface area (Å²) in [4.78, 5) is 13.8. The van der Waals surface area contributed by atoms with Crippen LogP contribution < -0.4 is 0 Å². The minimum Gasteiger partial charge on any atom is -0.295 e. The molecule has 0 aliphatic heterocycles. The van der Waals surface area contributed by atoms with Crippen LogP contribution in [0, 0.1) is 68.5 Å². The highest BCUT2D eigenvalue weighted by atomic mass is 16.1. The van der Waals surface area contributed by atoms with E-state index in [0.717, 1.165) is 12.3 Å². The average Bonchev–Trinajstić information content (AvgIpc) is 3.04. The Morgan fingerprint density at radius 2 is 1.60 bits per heavy atom. The van der Waals surface area contributed by atoms with Gasteiger partial charge < -0.3 is 0 Å². The SMILES string of the molecule is C[C@@H]1[C@H](C)C[C@H]2C(=O)C=C3C(CC[C@]4(C)[C@@H](C(C)(C)[C@H](C)CCC(C)(C)C)CC[C@@]34C)[C@@]2(C)[C@H]1C. The maximum Gasteiger partial charge on any atom is 0.159 e. The highest BCUT2D eigenvalue weighted by Gasteiger charge is 2.67. The monoisotopic (exact) mass is 482 g/mol. The number of fused-ring (bicyclic) bond motifs is 5. The Hall–Kier alpha value is -0.590. The second-order valence-corrected chi connectivity index (χ2v) is 16.5. The van der Waals surface area contributed by atoms with Gasteiger partial charge in [-0.25, -0.2) is 0 Å². The van der Waals surface area contributed by atoms with Crippen LogP contribution in [0.15, 0.2) is 11.6 Å². The molecule has 1 nitrogen and oxygen atoms in total. The molecule has 0 N–H and O–H groups in total. The molecule has 0 bridgehead atoms. The third-order valence-corrected chi connectivity index (χ3v) is 13.8. The van der Waals surface area contributed by atoms with Crippen LogP contribution in [0.5, 0.6) is 0 Å². The molecular weight excluding hydrogens is 424 g/mol. The predicted molar refractivity (Wildman–Crippen MR) is 150 cm³/mol. The van der Waals surface area contributed by atoms with E-state index < -0.39 is 0 Å². The molecule has 0 aromatic rings. The van der Waals surface area contributed by atoms with Gasteiger partial charge in [0, 0.05) is 5.92 Å². The van der Waals surface area contributed by atoms with Gasteiger partial charge >= 0.3 is 0 Å².